The molecule has 0 aromatic rings. The van der Waals surface area contributed by atoms with E-state index in [4.69, 9.17) is 0 Å². The Hall–Kier alpha value is 0.310. The van der Waals surface area contributed by atoms with E-state index in [2.05, 4.69) is 13.8 Å². The summed E-state index contributed by atoms with van der Waals surface area (Å²) < 4.78 is 9.45. The van der Waals surface area contributed by atoms with Gasteiger partial charge in [-0.05, 0) is 19.8 Å². The summed E-state index contributed by atoms with van der Waals surface area (Å²) in [7, 11) is 0. The first-order valence-electron chi connectivity index (χ1n) is 8.17. The topological polar surface area (TPSA) is 20.2 Å². The Bertz CT molecular complexity index is 150. The summed E-state index contributed by atoms with van der Waals surface area (Å²) in [5.74, 6) is 1.98. The first kappa shape index (κ1) is 18.3. The molecule has 0 bridgehead atoms. The molecule has 0 aromatic carbocycles. The minimum absolute atomic E-state index is 0.292. The van der Waals surface area contributed by atoms with Gasteiger partial charge in [-0.25, -0.2) is 0 Å². The van der Waals surface area contributed by atoms with Crippen LogP contribution in [0.4, 0.5) is 0 Å². The Morgan fingerprint density at radius 2 is 1.00 bits per heavy atom. The first-order chi connectivity index (χ1) is 8.81. The van der Waals surface area contributed by atoms with E-state index in [0.717, 1.165) is 11.5 Å². The molecule has 0 aromatic heterocycles. The van der Waals surface area contributed by atoms with E-state index in [9.17, 15) is 4.55 Å². The summed E-state index contributed by atoms with van der Waals surface area (Å²) in [6.07, 6.45) is 16.7. The molecule has 1 N–H and O–H groups in total. The maximum absolute atomic E-state index is 9.45. The van der Waals surface area contributed by atoms with Crippen LogP contribution < -0.4 is 0 Å². The van der Waals surface area contributed by atoms with Crippen molar-refractivity contribution in [2.24, 2.45) is 0 Å². The molecule has 0 fully saturated rings. The summed E-state index contributed by atoms with van der Waals surface area (Å²) in [4.78, 5) is 0. The molecule has 0 radical (unpaired) electrons. The highest BCUT2D eigenvalue weighted by Gasteiger charge is 2.09. The molecule has 0 rings (SSSR count). The van der Waals surface area contributed by atoms with Crippen LogP contribution in [0.15, 0.2) is 0 Å². The van der Waals surface area contributed by atoms with E-state index in [1.54, 1.807) is 0 Å². The van der Waals surface area contributed by atoms with Gasteiger partial charge in [0.15, 0.2) is 0 Å². The van der Waals surface area contributed by atoms with Gasteiger partial charge in [0, 0.05) is 0 Å². The molecule has 0 spiro atoms. The predicted molar refractivity (Wildman–Crippen MR) is 86.5 cm³/mol. The van der Waals surface area contributed by atoms with Crippen LogP contribution in [-0.2, 0) is 11.2 Å². The quantitative estimate of drug-likeness (QED) is 0.314. The highest BCUT2D eigenvalue weighted by molar-refractivity contribution is 7.91. The normalized spacial score (nSPS) is 12.8. The Morgan fingerprint density at radius 1 is 0.611 bits per heavy atom. The highest BCUT2D eigenvalue weighted by Crippen LogP contribution is 2.12. The van der Waals surface area contributed by atoms with Gasteiger partial charge in [0.1, 0.15) is 22.7 Å². The van der Waals surface area contributed by atoms with Crippen molar-refractivity contribution < 1.29 is 4.55 Å². The van der Waals surface area contributed by atoms with Crippen molar-refractivity contribution in [1.82, 2.24) is 0 Å². The maximum Gasteiger partial charge on any atom is 0.143 e. The monoisotopic (exact) mass is 275 g/mol. The van der Waals surface area contributed by atoms with Crippen LogP contribution in [0.5, 0.6) is 0 Å². The van der Waals surface area contributed by atoms with Crippen LogP contribution in [0.3, 0.4) is 0 Å². The van der Waals surface area contributed by atoms with E-state index in [1.165, 1.54) is 77.0 Å². The van der Waals surface area contributed by atoms with Crippen LogP contribution in [0.1, 0.15) is 90.9 Å². The van der Waals surface area contributed by atoms with Gasteiger partial charge in [0.2, 0.25) is 0 Å². The molecule has 0 heterocycles. The molecule has 0 aliphatic carbocycles. The second-order valence-electron chi connectivity index (χ2n) is 5.34. The molecule has 110 valence electrons. The largest absolute Gasteiger partial charge is 0.188 e. The van der Waals surface area contributed by atoms with Gasteiger partial charge in [0.05, 0.1) is 0 Å². The number of rotatable bonds is 14. The van der Waals surface area contributed by atoms with Gasteiger partial charge in [-0.3, -0.25) is 0 Å². The zero-order valence-electron chi connectivity index (χ0n) is 12.8. The Kier molecular flexibility index (Phi) is 15.6. The zero-order chi connectivity index (χ0) is 13.5. The van der Waals surface area contributed by atoms with Crippen LogP contribution in [-0.4, -0.2) is 16.1 Å². The minimum Gasteiger partial charge on any atom is -0.188 e. The Labute approximate surface area is 118 Å². The lowest BCUT2D eigenvalue weighted by atomic mass is 10.1. The van der Waals surface area contributed by atoms with E-state index in [-0.39, 0.29) is 11.2 Å². The highest BCUT2D eigenvalue weighted by atomic mass is 32.2. The molecule has 0 saturated heterocycles. The number of hydrogen-bond donors (Lipinski definition) is 1. The van der Waals surface area contributed by atoms with E-state index in [1.807, 2.05) is 0 Å². The second kappa shape index (κ2) is 15.4. The van der Waals surface area contributed by atoms with Crippen molar-refractivity contribution in [3.05, 3.63) is 0 Å². The molecular weight excluding hydrogens is 240 g/mol. The van der Waals surface area contributed by atoms with Crippen molar-refractivity contribution in [2.45, 2.75) is 90.9 Å². The summed E-state index contributed by atoms with van der Waals surface area (Å²) in [6.45, 7) is 4.35. The molecule has 1 unspecified atom stereocenters. The van der Waals surface area contributed by atoms with Gasteiger partial charge < -0.3 is 0 Å². The standard InChI is InChI=1S/C16H35OS/c1-3-5-6-7-8-9-10-11-12-13-14-15-16-18(17)4-2/h17H,3-16H2,1-2H3/q+1. The minimum atomic E-state index is -0.292. The van der Waals surface area contributed by atoms with Crippen molar-refractivity contribution in [1.29, 1.82) is 0 Å². The Balaban J connectivity index is 2.94. The van der Waals surface area contributed by atoms with E-state index in [0.29, 0.717) is 0 Å². The van der Waals surface area contributed by atoms with Crippen molar-refractivity contribution in [3.8, 4) is 0 Å². The average Bonchev–Trinajstić information content (AvgIpc) is 2.39. The zero-order valence-corrected chi connectivity index (χ0v) is 13.6. The average molecular weight is 276 g/mol. The van der Waals surface area contributed by atoms with Gasteiger partial charge in [-0.15, -0.1) is 0 Å². The summed E-state index contributed by atoms with van der Waals surface area (Å²) in [5.41, 5.74) is 0. The lowest BCUT2D eigenvalue weighted by Gasteiger charge is -2.02. The van der Waals surface area contributed by atoms with Gasteiger partial charge in [0.25, 0.3) is 0 Å². The van der Waals surface area contributed by atoms with Crippen molar-refractivity contribution in [2.75, 3.05) is 11.5 Å². The van der Waals surface area contributed by atoms with Crippen LogP contribution in [0, 0.1) is 0 Å². The predicted octanol–water partition coefficient (Wildman–Crippen LogP) is 5.80. The third kappa shape index (κ3) is 14.4. The third-order valence-electron chi connectivity index (χ3n) is 3.57. The number of hydrogen-bond acceptors (Lipinski definition) is 1. The lowest BCUT2D eigenvalue weighted by Crippen LogP contribution is -2.07. The molecule has 0 saturated carbocycles. The lowest BCUT2D eigenvalue weighted by molar-refractivity contribution is 0.547. The summed E-state index contributed by atoms with van der Waals surface area (Å²) >= 11 is -0.292. The molecule has 0 amide bonds. The second-order valence-corrected chi connectivity index (χ2v) is 7.25. The maximum atomic E-state index is 9.45. The Morgan fingerprint density at radius 3 is 1.39 bits per heavy atom. The molecule has 1 nitrogen and oxygen atoms in total. The molecular formula is C16H35OS+. The van der Waals surface area contributed by atoms with Crippen LogP contribution in [0.2, 0.25) is 0 Å². The number of unbranched alkanes of at least 4 members (excludes halogenated alkanes) is 11. The van der Waals surface area contributed by atoms with Gasteiger partial charge in [-0.1, -0.05) is 71.1 Å². The fourth-order valence-electron chi connectivity index (χ4n) is 2.25. The molecule has 0 aliphatic heterocycles. The fourth-order valence-corrected chi connectivity index (χ4v) is 3.08. The van der Waals surface area contributed by atoms with Gasteiger partial charge >= 0.3 is 0 Å². The third-order valence-corrected chi connectivity index (χ3v) is 4.99. The molecule has 1 atom stereocenters. The van der Waals surface area contributed by atoms with Crippen molar-refractivity contribution in [3.63, 3.8) is 0 Å². The smallest absolute Gasteiger partial charge is 0.143 e. The van der Waals surface area contributed by atoms with Crippen LogP contribution >= 0.6 is 0 Å². The first-order valence-corrected chi connectivity index (χ1v) is 9.69. The molecule has 0 aliphatic rings. The summed E-state index contributed by atoms with van der Waals surface area (Å²) in [6, 6.07) is 0. The SMILES string of the molecule is CCCCCCCCCCCCCC[S+](O)CC. The fraction of sp³-hybridized carbons (Fsp3) is 1.00. The summed E-state index contributed by atoms with van der Waals surface area (Å²) in [5, 5.41) is 0. The molecule has 18 heavy (non-hydrogen) atoms. The molecule has 2 heteroatoms. The van der Waals surface area contributed by atoms with Gasteiger partial charge in [-0.2, -0.15) is 4.55 Å². The van der Waals surface area contributed by atoms with Crippen molar-refractivity contribution >= 4 is 11.2 Å². The van der Waals surface area contributed by atoms with E-state index >= 15 is 0 Å². The van der Waals surface area contributed by atoms with Crippen LogP contribution in [0.25, 0.3) is 0 Å². The van der Waals surface area contributed by atoms with E-state index < -0.39 is 0 Å².